The van der Waals surface area contributed by atoms with Crippen LogP contribution in [0.15, 0.2) is 24.3 Å². The fraction of sp³-hybridized carbons (Fsp3) is 0.308. The molecule has 0 bridgehead atoms. The third-order valence-corrected chi connectivity index (χ3v) is 3.58. The van der Waals surface area contributed by atoms with E-state index in [0.29, 0.717) is 5.69 Å². The van der Waals surface area contributed by atoms with Gasteiger partial charge in [0.05, 0.1) is 23.4 Å². The van der Waals surface area contributed by atoms with Crippen molar-refractivity contribution < 1.29 is 19.5 Å². The van der Waals surface area contributed by atoms with Gasteiger partial charge in [0.25, 0.3) is 0 Å². The van der Waals surface area contributed by atoms with Crippen LogP contribution in [0.4, 0.5) is 5.69 Å². The number of carboxylic acid groups (broad SMARTS) is 1. The number of nitrogens with zero attached hydrogens (tertiary/aromatic N) is 1. The van der Waals surface area contributed by atoms with Gasteiger partial charge in [0, 0.05) is 0 Å². The Labute approximate surface area is 103 Å². The number of imide groups is 1. The molecule has 2 amide bonds. The largest absolute Gasteiger partial charge is 0.481 e. The second-order valence-electron chi connectivity index (χ2n) is 4.77. The Bertz CT molecular complexity index is 558. The predicted octanol–water partition coefficient (Wildman–Crippen LogP) is 0.815. The van der Waals surface area contributed by atoms with E-state index in [1.165, 1.54) is 0 Å². The first-order valence-electron chi connectivity index (χ1n) is 5.69. The summed E-state index contributed by atoms with van der Waals surface area (Å²) in [7, 11) is 0. The van der Waals surface area contributed by atoms with Crippen LogP contribution in [-0.2, 0) is 14.4 Å². The van der Waals surface area contributed by atoms with Crippen LogP contribution in [0.25, 0.3) is 0 Å². The van der Waals surface area contributed by atoms with Gasteiger partial charge in [-0.05, 0) is 24.6 Å². The number of aryl methyl sites for hydroxylation is 1. The fourth-order valence-electron chi connectivity index (χ4n) is 2.66. The minimum atomic E-state index is -1.06. The van der Waals surface area contributed by atoms with Crippen LogP contribution in [0.3, 0.4) is 0 Å². The lowest BCUT2D eigenvalue weighted by Gasteiger charge is -2.17. The summed E-state index contributed by atoms with van der Waals surface area (Å²) < 4.78 is 0. The monoisotopic (exact) mass is 245 g/mol. The third-order valence-electron chi connectivity index (χ3n) is 3.58. The maximum absolute atomic E-state index is 12.0. The summed E-state index contributed by atoms with van der Waals surface area (Å²) in [6, 6.07) is 7.07. The van der Waals surface area contributed by atoms with E-state index in [0.717, 1.165) is 10.5 Å². The molecule has 2 unspecified atom stereocenters. The van der Waals surface area contributed by atoms with E-state index < -0.39 is 23.7 Å². The van der Waals surface area contributed by atoms with E-state index in [2.05, 4.69) is 0 Å². The number of hydrogen-bond donors (Lipinski definition) is 1. The Kier molecular flexibility index (Phi) is 2.08. The van der Waals surface area contributed by atoms with Gasteiger partial charge in [-0.15, -0.1) is 0 Å². The van der Waals surface area contributed by atoms with Crippen LogP contribution >= 0.6 is 0 Å². The number of aliphatic carboxylic acids is 1. The summed E-state index contributed by atoms with van der Waals surface area (Å²) in [4.78, 5) is 36.0. The van der Waals surface area contributed by atoms with Crippen LogP contribution in [0.5, 0.6) is 0 Å². The molecule has 1 aromatic carbocycles. The zero-order valence-corrected chi connectivity index (χ0v) is 9.66. The Morgan fingerprint density at radius 2 is 1.83 bits per heavy atom. The highest BCUT2D eigenvalue weighted by Gasteiger charge is 2.70. The van der Waals surface area contributed by atoms with E-state index >= 15 is 0 Å². The Morgan fingerprint density at radius 1 is 1.22 bits per heavy atom. The number of carbonyl (C=O) groups is 3. The molecule has 0 aromatic heterocycles. The molecule has 1 saturated carbocycles. The van der Waals surface area contributed by atoms with E-state index in [4.69, 9.17) is 5.11 Å². The summed E-state index contributed by atoms with van der Waals surface area (Å²) in [5.41, 5.74) is 1.48. The molecule has 92 valence electrons. The highest BCUT2D eigenvalue weighted by Crippen LogP contribution is 2.54. The van der Waals surface area contributed by atoms with Crippen molar-refractivity contribution in [3.8, 4) is 0 Å². The fourth-order valence-corrected chi connectivity index (χ4v) is 2.66. The van der Waals surface area contributed by atoms with Crippen molar-refractivity contribution in [2.45, 2.75) is 6.92 Å². The molecule has 2 atom stereocenters. The lowest BCUT2D eigenvalue weighted by Crippen LogP contribution is -2.35. The zero-order valence-electron chi connectivity index (χ0n) is 9.66. The van der Waals surface area contributed by atoms with Gasteiger partial charge in [0.15, 0.2) is 0 Å². The van der Waals surface area contributed by atoms with Crippen molar-refractivity contribution >= 4 is 23.5 Å². The van der Waals surface area contributed by atoms with E-state index in [1.54, 1.807) is 18.2 Å². The Balaban J connectivity index is 1.93. The molecule has 5 heteroatoms. The highest BCUT2D eigenvalue weighted by molar-refractivity contribution is 6.27. The second-order valence-corrected chi connectivity index (χ2v) is 4.77. The molecule has 5 nitrogen and oxygen atoms in total. The minimum absolute atomic E-state index is 0.386. The Morgan fingerprint density at radius 3 is 2.33 bits per heavy atom. The van der Waals surface area contributed by atoms with E-state index in [1.807, 2.05) is 13.0 Å². The zero-order chi connectivity index (χ0) is 13.0. The quantitative estimate of drug-likeness (QED) is 0.782. The highest BCUT2D eigenvalue weighted by atomic mass is 16.4. The summed E-state index contributed by atoms with van der Waals surface area (Å²) in [5, 5.41) is 8.87. The molecule has 1 saturated heterocycles. The van der Waals surface area contributed by atoms with Crippen LogP contribution in [0, 0.1) is 24.7 Å². The standard InChI is InChI=1S/C13H11NO4/c1-6-3-2-4-7(5-6)14-11(15)8-9(12(14)16)10(8)13(17)18/h2-5,8-10H,1H3,(H,17,18). The SMILES string of the molecule is Cc1cccc(N2C(=O)C3C(C(=O)O)C3C2=O)c1. The average molecular weight is 245 g/mol. The topological polar surface area (TPSA) is 74.7 Å². The third kappa shape index (κ3) is 1.30. The van der Waals surface area contributed by atoms with Crippen molar-refractivity contribution in [2.75, 3.05) is 4.90 Å². The van der Waals surface area contributed by atoms with Gasteiger partial charge in [0.2, 0.25) is 11.8 Å². The van der Waals surface area contributed by atoms with Gasteiger partial charge in [0.1, 0.15) is 0 Å². The lowest BCUT2D eigenvalue weighted by molar-refractivity contribution is -0.142. The minimum Gasteiger partial charge on any atom is -0.481 e. The molecule has 1 aliphatic carbocycles. The number of amides is 2. The van der Waals surface area contributed by atoms with Gasteiger partial charge in [-0.3, -0.25) is 19.3 Å². The van der Waals surface area contributed by atoms with Gasteiger partial charge >= 0.3 is 5.97 Å². The lowest BCUT2D eigenvalue weighted by atomic mass is 10.2. The maximum Gasteiger partial charge on any atom is 0.308 e. The van der Waals surface area contributed by atoms with Crippen molar-refractivity contribution in [3.05, 3.63) is 29.8 Å². The molecule has 1 heterocycles. The van der Waals surface area contributed by atoms with Crippen molar-refractivity contribution in [3.63, 3.8) is 0 Å². The molecular formula is C13H11NO4. The molecular weight excluding hydrogens is 234 g/mol. The van der Waals surface area contributed by atoms with Crippen LogP contribution in [0.2, 0.25) is 0 Å². The molecule has 2 fully saturated rings. The number of carboxylic acids is 1. The molecule has 0 spiro atoms. The summed E-state index contributed by atoms with van der Waals surface area (Å²) >= 11 is 0. The smallest absolute Gasteiger partial charge is 0.308 e. The first-order valence-corrected chi connectivity index (χ1v) is 5.69. The molecule has 3 rings (SSSR count). The van der Waals surface area contributed by atoms with Crippen LogP contribution in [0.1, 0.15) is 5.56 Å². The first-order chi connectivity index (χ1) is 8.52. The maximum atomic E-state index is 12.0. The van der Waals surface area contributed by atoms with Crippen LogP contribution < -0.4 is 4.90 Å². The first kappa shape index (κ1) is 11.0. The van der Waals surface area contributed by atoms with Crippen molar-refractivity contribution in [1.29, 1.82) is 0 Å². The molecule has 2 aliphatic rings. The number of carbonyl (C=O) groups excluding carboxylic acids is 2. The van der Waals surface area contributed by atoms with E-state index in [9.17, 15) is 14.4 Å². The number of anilines is 1. The van der Waals surface area contributed by atoms with Gasteiger partial charge < -0.3 is 5.11 Å². The van der Waals surface area contributed by atoms with Gasteiger partial charge in [-0.25, -0.2) is 0 Å². The normalized spacial score (nSPS) is 29.4. The number of piperidine rings is 1. The van der Waals surface area contributed by atoms with Gasteiger partial charge in [-0.1, -0.05) is 12.1 Å². The summed E-state index contributed by atoms with van der Waals surface area (Å²) in [5.74, 6) is -3.96. The van der Waals surface area contributed by atoms with Crippen LogP contribution in [-0.4, -0.2) is 22.9 Å². The second kappa shape index (κ2) is 3.41. The number of hydrogen-bond acceptors (Lipinski definition) is 3. The number of fused-ring (bicyclic) bond motifs is 1. The number of benzene rings is 1. The molecule has 1 N–H and O–H groups in total. The molecule has 1 aliphatic heterocycles. The van der Waals surface area contributed by atoms with E-state index in [-0.39, 0.29) is 11.8 Å². The molecule has 1 aromatic rings. The summed E-state index contributed by atoms with van der Waals surface area (Å²) in [6.07, 6.45) is 0. The Hall–Kier alpha value is -2.17. The van der Waals surface area contributed by atoms with Crippen molar-refractivity contribution in [1.82, 2.24) is 0 Å². The predicted molar refractivity (Wildman–Crippen MR) is 61.8 cm³/mol. The number of rotatable bonds is 2. The summed E-state index contributed by atoms with van der Waals surface area (Å²) in [6.45, 7) is 1.87. The van der Waals surface area contributed by atoms with Crippen molar-refractivity contribution in [2.24, 2.45) is 17.8 Å². The molecule has 18 heavy (non-hydrogen) atoms. The molecule has 0 radical (unpaired) electrons. The van der Waals surface area contributed by atoms with Gasteiger partial charge in [-0.2, -0.15) is 0 Å². The average Bonchev–Trinajstić information content (AvgIpc) is 2.98.